The van der Waals surface area contributed by atoms with E-state index in [0.29, 0.717) is 29.0 Å². The van der Waals surface area contributed by atoms with Crippen LogP contribution in [0.4, 0.5) is 11.6 Å². The van der Waals surface area contributed by atoms with Crippen molar-refractivity contribution in [2.24, 2.45) is 16.5 Å². The fourth-order valence-electron chi connectivity index (χ4n) is 2.86. The lowest BCUT2D eigenvalue weighted by molar-refractivity contribution is 0.0398. The van der Waals surface area contributed by atoms with Crippen LogP contribution in [0.25, 0.3) is 11.4 Å². The quantitative estimate of drug-likeness (QED) is 0.494. The van der Waals surface area contributed by atoms with Crippen LogP contribution in [0.1, 0.15) is 6.92 Å². The van der Waals surface area contributed by atoms with Gasteiger partial charge in [0.25, 0.3) is 0 Å². The first-order valence-corrected chi connectivity index (χ1v) is 9.36. The van der Waals surface area contributed by atoms with Crippen LogP contribution in [-0.4, -0.2) is 60.1 Å². The van der Waals surface area contributed by atoms with Crippen molar-refractivity contribution < 1.29 is 4.74 Å². The molecule has 8 heteroatoms. The number of anilines is 1. The van der Waals surface area contributed by atoms with Gasteiger partial charge in [-0.25, -0.2) is 15.0 Å². The molecule has 2 aromatic rings. The monoisotopic (exact) mass is 381 g/mol. The number of benzene rings is 1. The Kier molecular flexibility index (Phi) is 6.94. The normalized spacial score (nSPS) is 16.2. The number of nitrogens with two attached hydrogens (primary N) is 2. The summed E-state index contributed by atoms with van der Waals surface area (Å²) in [6, 6.07) is 11.6. The van der Waals surface area contributed by atoms with Gasteiger partial charge in [0.2, 0.25) is 0 Å². The SMILES string of the molecule is C/C(N)=C/C(N)=Nc1cc(NCCN2CCOCC2)nc(-c2ccccc2)n1. The van der Waals surface area contributed by atoms with Gasteiger partial charge in [0, 0.05) is 43.5 Å². The van der Waals surface area contributed by atoms with Crippen molar-refractivity contribution in [2.45, 2.75) is 6.92 Å². The second-order valence-electron chi connectivity index (χ2n) is 6.61. The number of allylic oxidation sites excluding steroid dienone is 1. The molecule has 0 spiro atoms. The molecule has 5 N–H and O–H groups in total. The van der Waals surface area contributed by atoms with Gasteiger partial charge in [-0.3, -0.25) is 4.90 Å². The van der Waals surface area contributed by atoms with E-state index in [-0.39, 0.29) is 0 Å². The zero-order valence-corrected chi connectivity index (χ0v) is 16.1. The van der Waals surface area contributed by atoms with Gasteiger partial charge >= 0.3 is 0 Å². The number of aromatic nitrogens is 2. The molecule has 0 amide bonds. The first kappa shape index (κ1) is 19.8. The van der Waals surface area contributed by atoms with E-state index in [9.17, 15) is 0 Å². The maximum Gasteiger partial charge on any atom is 0.163 e. The van der Waals surface area contributed by atoms with Crippen LogP contribution in [0.5, 0.6) is 0 Å². The first-order chi connectivity index (χ1) is 13.6. The Labute approximate surface area is 165 Å². The topological polar surface area (TPSA) is 115 Å². The van der Waals surface area contributed by atoms with Gasteiger partial charge in [-0.05, 0) is 13.0 Å². The molecule has 8 nitrogen and oxygen atoms in total. The molecule has 0 bridgehead atoms. The number of nitrogens with zero attached hydrogens (tertiary/aromatic N) is 4. The van der Waals surface area contributed by atoms with E-state index in [4.69, 9.17) is 16.2 Å². The van der Waals surface area contributed by atoms with Crippen LogP contribution in [0.15, 0.2) is 53.2 Å². The van der Waals surface area contributed by atoms with Gasteiger partial charge in [0.1, 0.15) is 11.7 Å². The summed E-state index contributed by atoms with van der Waals surface area (Å²) in [5.41, 5.74) is 13.1. The minimum Gasteiger partial charge on any atom is -0.402 e. The summed E-state index contributed by atoms with van der Waals surface area (Å²) in [6.07, 6.45) is 1.61. The van der Waals surface area contributed by atoms with E-state index in [1.807, 2.05) is 30.3 Å². The Hall–Kier alpha value is -2.97. The molecule has 3 rings (SSSR count). The number of nitrogens with one attached hydrogen (secondary N) is 1. The predicted octanol–water partition coefficient (Wildman–Crippen LogP) is 1.74. The third kappa shape index (κ3) is 6.04. The summed E-state index contributed by atoms with van der Waals surface area (Å²) in [6.45, 7) is 6.94. The lowest BCUT2D eigenvalue weighted by Gasteiger charge is -2.26. The summed E-state index contributed by atoms with van der Waals surface area (Å²) in [4.78, 5) is 15.9. The largest absolute Gasteiger partial charge is 0.402 e. The molecule has 0 unspecified atom stereocenters. The number of amidine groups is 1. The molecule has 1 fully saturated rings. The van der Waals surface area contributed by atoms with Crippen molar-refractivity contribution in [3.63, 3.8) is 0 Å². The third-order valence-corrected chi connectivity index (χ3v) is 4.20. The molecule has 0 atom stereocenters. The zero-order valence-electron chi connectivity index (χ0n) is 16.1. The molecule has 1 aromatic carbocycles. The molecule has 1 aliphatic rings. The van der Waals surface area contributed by atoms with Crippen LogP contribution < -0.4 is 16.8 Å². The van der Waals surface area contributed by atoms with Crippen molar-refractivity contribution >= 4 is 17.5 Å². The summed E-state index contributed by atoms with van der Waals surface area (Å²) in [5, 5.41) is 3.37. The highest BCUT2D eigenvalue weighted by atomic mass is 16.5. The maximum absolute atomic E-state index is 5.94. The van der Waals surface area contributed by atoms with E-state index in [0.717, 1.165) is 45.0 Å². The lowest BCUT2D eigenvalue weighted by Crippen LogP contribution is -2.39. The predicted molar refractivity (Wildman–Crippen MR) is 112 cm³/mol. The lowest BCUT2D eigenvalue weighted by atomic mass is 10.2. The molecule has 0 aliphatic carbocycles. The molecule has 0 radical (unpaired) electrons. The second-order valence-corrected chi connectivity index (χ2v) is 6.61. The van der Waals surface area contributed by atoms with Gasteiger partial charge in [-0.2, -0.15) is 0 Å². The number of hydrogen-bond donors (Lipinski definition) is 3. The summed E-state index contributed by atoms with van der Waals surface area (Å²) < 4.78 is 5.39. The van der Waals surface area contributed by atoms with Gasteiger partial charge in [-0.15, -0.1) is 0 Å². The summed E-state index contributed by atoms with van der Waals surface area (Å²) >= 11 is 0. The van der Waals surface area contributed by atoms with Crippen LogP contribution >= 0.6 is 0 Å². The van der Waals surface area contributed by atoms with Crippen molar-refractivity contribution in [3.8, 4) is 11.4 Å². The van der Waals surface area contributed by atoms with Crippen molar-refractivity contribution in [1.29, 1.82) is 0 Å². The molecular weight excluding hydrogens is 354 g/mol. The van der Waals surface area contributed by atoms with Crippen LogP contribution in [0.3, 0.4) is 0 Å². The zero-order chi connectivity index (χ0) is 19.8. The fourth-order valence-corrected chi connectivity index (χ4v) is 2.86. The smallest absolute Gasteiger partial charge is 0.163 e. The molecule has 148 valence electrons. The van der Waals surface area contributed by atoms with E-state index in [1.54, 1.807) is 19.1 Å². The Morgan fingerprint density at radius 3 is 2.68 bits per heavy atom. The van der Waals surface area contributed by atoms with Gasteiger partial charge in [-0.1, -0.05) is 30.3 Å². The average Bonchev–Trinajstić information content (AvgIpc) is 2.68. The molecular formula is C20H27N7O. The average molecular weight is 381 g/mol. The Morgan fingerprint density at radius 2 is 1.96 bits per heavy atom. The Bertz CT molecular complexity index is 826. The van der Waals surface area contributed by atoms with Crippen LogP contribution in [0.2, 0.25) is 0 Å². The highest BCUT2D eigenvalue weighted by molar-refractivity contribution is 5.93. The number of hydrogen-bond acceptors (Lipinski definition) is 7. The number of aliphatic imine (C=N–C) groups is 1. The third-order valence-electron chi connectivity index (χ3n) is 4.20. The Balaban J connectivity index is 1.79. The first-order valence-electron chi connectivity index (χ1n) is 9.36. The van der Waals surface area contributed by atoms with E-state index < -0.39 is 0 Å². The van der Waals surface area contributed by atoms with Crippen LogP contribution in [0, 0.1) is 0 Å². The highest BCUT2D eigenvalue weighted by Crippen LogP contribution is 2.21. The molecule has 1 aliphatic heterocycles. The highest BCUT2D eigenvalue weighted by Gasteiger charge is 2.11. The maximum atomic E-state index is 5.94. The molecule has 0 saturated carbocycles. The minimum atomic E-state index is 0.303. The van der Waals surface area contributed by atoms with Gasteiger partial charge in [0.15, 0.2) is 11.6 Å². The van der Waals surface area contributed by atoms with E-state index >= 15 is 0 Å². The van der Waals surface area contributed by atoms with Gasteiger partial charge in [0.05, 0.1) is 13.2 Å². The van der Waals surface area contributed by atoms with E-state index in [1.165, 1.54) is 0 Å². The minimum absolute atomic E-state index is 0.303. The molecule has 2 heterocycles. The summed E-state index contributed by atoms with van der Waals surface area (Å²) in [7, 11) is 0. The molecule has 28 heavy (non-hydrogen) atoms. The molecule has 1 aromatic heterocycles. The van der Waals surface area contributed by atoms with Crippen molar-refractivity contribution in [1.82, 2.24) is 14.9 Å². The second kappa shape index (κ2) is 9.82. The molecule has 1 saturated heterocycles. The number of rotatable bonds is 7. The van der Waals surface area contributed by atoms with Crippen molar-refractivity contribution in [3.05, 3.63) is 48.2 Å². The standard InChI is InChI=1S/C20H27N7O/c1-15(21)13-17(22)24-19-14-18(23-7-8-27-9-11-28-12-10-27)25-20(26-19)16-5-3-2-4-6-16/h2-6,13-14H,7-12,21H2,1H3,(H3,22,23,24,25,26)/b15-13-. The number of morpholine rings is 1. The van der Waals surface area contributed by atoms with Crippen molar-refractivity contribution in [2.75, 3.05) is 44.7 Å². The number of ether oxygens (including phenoxy) is 1. The Morgan fingerprint density at radius 1 is 1.21 bits per heavy atom. The van der Waals surface area contributed by atoms with E-state index in [2.05, 4.69) is 25.2 Å². The van der Waals surface area contributed by atoms with Crippen LogP contribution in [-0.2, 0) is 4.74 Å². The van der Waals surface area contributed by atoms with Gasteiger partial charge < -0.3 is 21.5 Å². The fraction of sp³-hybridized carbons (Fsp3) is 0.350. The summed E-state index contributed by atoms with van der Waals surface area (Å²) in [5.74, 6) is 2.09.